The lowest BCUT2D eigenvalue weighted by molar-refractivity contribution is -0.147. The number of carboxylic acid groups (broad SMARTS) is 2. The van der Waals surface area contributed by atoms with E-state index in [-0.39, 0.29) is 19.4 Å². The first-order valence-electron chi connectivity index (χ1n) is 8.46. The van der Waals surface area contributed by atoms with Crippen molar-refractivity contribution in [2.75, 3.05) is 19.4 Å². The fourth-order valence-corrected chi connectivity index (χ4v) is 5.43. The molecule has 0 radical (unpaired) electrons. The Bertz CT molecular complexity index is 893. The summed E-state index contributed by atoms with van der Waals surface area (Å²) in [6, 6.07) is 14.0. The van der Waals surface area contributed by atoms with Crippen LogP contribution >= 0.6 is 7.37 Å². The van der Waals surface area contributed by atoms with Crippen LogP contribution in [0.2, 0.25) is 0 Å². The van der Waals surface area contributed by atoms with Crippen LogP contribution in [-0.4, -0.2) is 51.7 Å². The quantitative estimate of drug-likeness (QED) is 0.530. The van der Waals surface area contributed by atoms with E-state index in [4.69, 9.17) is 19.8 Å². The standard InChI is InChI=1S/C17H15O6P.C2H6O2/c18-16(19)9-11(17(20)21)10-24(22)15-8-4-2-6-13(15)12-5-1-3-7-14(12)23-24;3-1-2-4/h1-8,11H,9-10H2,(H,18,19)(H,20,21);3-4H,1-2H2. The molecule has 2 aromatic rings. The number of fused-ring (bicyclic) bond motifs is 3. The second-order valence-corrected chi connectivity index (χ2v) is 8.42. The molecule has 8 nitrogen and oxygen atoms in total. The maximum Gasteiger partial charge on any atom is 0.307 e. The highest BCUT2D eigenvalue weighted by molar-refractivity contribution is 7.67. The number of aliphatic hydroxyl groups excluding tert-OH is 2. The van der Waals surface area contributed by atoms with Gasteiger partial charge in [0.05, 0.1) is 37.0 Å². The zero-order chi connectivity index (χ0) is 20.7. The van der Waals surface area contributed by atoms with Crippen molar-refractivity contribution >= 4 is 24.6 Å². The maximum atomic E-state index is 13.4. The Labute approximate surface area is 161 Å². The molecule has 150 valence electrons. The first-order valence-corrected chi connectivity index (χ1v) is 10.3. The molecular weight excluding hydrogens is 387 g/mol. The van der Waals surface area contributed by atoms with E-state index in [1.807, 2.05) is 12.1 Å². The van der Waals surface area contributed by atoms with Gasteiger partial charge in [0.2, 0.25) is 0 Å². The molecule has 1 aliphatic rings. The van der Waals surface area contributed by atoms with E-state index in [0.29, 0.717) is 11.1 Å². The van der Waals surface area contributed by atoms with Crippen molar-refractivity contribution < 1.29 is 39.1 Å². The third-order valence-corrected chi connectivity index (χ3v) is 6.56. The third kappa shape index (κ3) is 4.98. The average molecular weight is 408 g/mol. The topological polar surface area (TPSA) is 141 Å². The van der Waals surface area contributed by atoms with Gasteiger partial charge in [-0.3, -0.25) is 14.2 Å². The van der Waals surface area contributed by atoms with E-state index >= 15 is 0 Å². The van der Waals surface area contributed by atoms with Gasteiger partial charge in [0, 0.05) is 5.56 Å². The lowest BCUT2D eigenvalue weighted by atomic mass is 10.0. The number of rotatable bonds is 6. The summed E-state index contributed by atoms with van der Waals surface area (Å²) in [5, 5.41) is 33.9. The predicted octanol–water partition coefficient (Wildman–Crippen LogP) is 1.80. The van der Waals surface area contributed by atoms with E-state index in [2.05, 4.69) is 0 Å². The van der Waals surface area contributed by atoms with Crippen LogP contribution in [-0.2, 0) is 14.2 Å². The van der Waals surface area contributed by atoms with Gasteiger partial charge in [-0.2, -0.15) is 0 Å². The van der Waals surface area contributed by atoms with Gasteiger partial charge in [0.15, 0.2) is 0 Å². The summed E-state index contributed by atoms with van der Waals surface area (Å²) in [4.78, 5) is 22.3. The normalized spacial score (nSPS) is 17.8. The molecule has 28 heavy (non-hydrogen) atoms. The molecule has 0 fully saturated rings. The van der Waals surface area contributed by atoms with Crippen LogP contribution in [0.5, 0.6) is 5.75 Å². The molecular formula is C19H21O8P. The summed E-state index contributed by atoms with van der Waals surface area (Å²) >= 11 is 0. The van der Waals surface area contributed by atoms with Gasteiger partial charge in [0.25, 0.3) is 7.37 Å². The van der Waals surface area contributed by atoms with Crippen LogP contribution in [0.4, 0.5) is 0 Å². The summed E-state index contributed by atoms with van der Waals surface area (Å²) < 4.78 is 19.1. The highest BCUT2D eigenvalue weighted by atomic mass is 31.2. The van der Waals surface area contributed by atoms with Crippen molar-refractivity contribution in [1.29, 1.82) is 0 Å². The van der Waals surface area contributed by atoms with Crippen LogP contribution in [0.1, 0.15) is 6.42 Å². The molecule has 0 saturated heterocycles. The van der Waals surface area contributed by atoms with Crippen LogP contribution in [0.25, 0.3) is 11.1 Å². The Balaban J connectivity index is 0.000000640. The monoisotopic (exact) mass is 408 g/mol. The van der Waals surface area contributed by atoms with E-state index in [0.717, 1.165) is 11.1 Å². The SMILES string of the molecule is O=C(O)CC(CP1(=O)Oc2ccccc2-c2ccccc21)C(=O)O.OCCO. The van der Waals surface area contributed by atoms with Crippen molar-refractivity contribution in [3.63, 3.8) is 0 Å². The van der Waals surface area contributed by atoms with Crippen LogP contribution in [0.3, 0.4) is 0 Å². The van der Waals surface area contributed by atoms with E-state index in [1.165, 1.54) is 0 Å². The fraction of sp³-hybridized carbons (Fsp3) is 0.263. The summed E-state index contributed by atoms with van der Waals surface area (Å²) in [5.41, 5.74) is 1.51. The molecule has 4 N–H and O–H groups in total. The summed E-state index contributed by atoms with van der Waals surface area (Å²) in [7, 11) is -3.55. The van der Waals surface area contributed by atoms with Crippen LogP contribution in [0.15, 0.2) is 48.5 Å². The van der Waals surface area contributed by atoms with Gasteiger partial charge < -0.3 is 24.9 Å². The minimum atomic E-state index is -3.55. The molecule has 1 heterocycles. The minimum Gasteiger partial charge on any atom is -0.481 e. The van der Waals surface area contributed by atoms with Crippen molar-refractivity contribution in [2.24, 2.45) is 5.92 Å². The first-order chi connectivity index (χ1) is 13.3. The Morgan fingerprint density at radius 1 is 0.929 bits per heavy atom. The number of carboxylic acids is 2. The molecule has 0 amide bonds. The second-order valence-electron chi connectivity index (χ2n) is 6.04. The number of aliphatic hydroxyl groups is 2. The lowest BCUT2D eigenvalue weighted by Gasteiger charge is -2.29. The van der Waals surface area contributed by atoms with E-state index in [1.54, 1.807) is 36.4 Å². The largest absolute Gasteiger partial charge is 0.481 e. The van der Waals surface area contributed by atoms with Crippen molar-refractivity contribution in [1.82, 2.24) is 0 Å². The van der Waals surface area contributed by atoms with Gasteiger partial charge in [-0.15, -0.1) is 0 Å². The Kier molecular flexibility index (Phi) is 7.34. The average Bonchev–Trinajstić information content (AvgIpc) is 2.67. The van der Waals surface area contributed by atoms with Gasteiger partial charge in [0.1, 0.15) is 5.75 Å². The minimum absolute atomic E-state index is 0.125. The first kappa shape index (κ1) is 21.6. The number of hydrogen-bond donors (Lipinski definition) is 4. The van der Waals surface area contributed by atoms with Gasteiger partial charge in [-0.25, -0.2) is 0 Å². The Hall–Kier alpha value is -2.67. The summed E-state index contributed by atoms with van der Waals surface area (Å²) in [5.74, 6) is -3.42. The van der Waals surface area contributed by atoms with Gasteiger partial charge in [-0.1, -0.05) is 36.4 Å². The number of hydrogen-bond acceptors (Lipinski definition) is 6. The number of para-hydroxylation sites is 1. The Morgan fingerprint density at radius 2 is 1.50 bits per heavy atom. The zero-order valence-electron chi connectivity index (χ0n) is 14.9. The Morgan fingerprint density at radius 3 is 2.07 bits per heavy atom. The van der Waals surface area contributed by atoms with Crippen LogP contribution in [0, 0.1) is 5.92 Å². The van der Waals surface area contributed by atoms with Gasteiger partial charge >= 0.3 is 11.9 Å². The van der Waals surface area contributed by atoms with E-state index < -0.39 is 31.6 Å². The molecule has 0 bridgehead atoms. The second kappa shape index (κ2) is 9.50. The molecule has 9 heteroatoms. The third-order valence-electron chi connectivity index (χ3n) is 4.03. The molecule has 3 rings (SSSR count). The smallest absolute Gasteiger partial charge is 0.307 e. The van der Waals surface area contributed by atoms with E-state index in [9.17, 15) is 19.3 Å². The fourth-order valence-electron chi connectivity index (χ4n) is 2.84. The number of benzene rings is 2. The number of carbonyl (C=O) groups is 2. The summed E-state index contributed by atoms with van der Waals surface area (Å²) in [6.45, 7) is -0.250. The highest BCUT2D eigenvalue weighted by Gasteiger charge is 2.40. The molecule has 1 aliphatic heterocycles. The summed E-state index contributed by atoms with van der Waals surface area (Å²) in [6.07, 6.45) is -0.966. The molecule has 0 spiro atoms. The van der Waals surface area contributed by atoms with Crippen molar-refractivity contribution in [2.45, 2.75) is 6.42 Å². The molecule has 2 atom stereocenters. The van der Waals surface area contributed by atoms with Crippen molar-refractivity contribution in [3.8, 4) is 16.9 Å². The molecule has 0 aromatic heterocycles. The highest BCUT2D eigenvalue weighted by Crippen LogP contribution is 2.55. The molecule has 0 aliphatic carbocycles. The van der Waals surface area contributed by atoms with Crippen molar-refractivity contribution in [3.05, 3.63) is 48.5 Å². The predicted molar refractivity (Wildman–Crippen MR) is 102 cm³/mol. The lowest BCUT2D eigenvalue weighted by Crippen LogP contribution is -2.28. The zero-order valence-corrected chi connectivity index (χ0v) is 15.8. The molecule has 0 saturated carbocycles. The van der Waals surface area contributed by atoms with Gasteiger partial charge in [-0.05, 0) is 17.7 Å². The molecule has 2 aromatic carbocycles. The maximum absolute atomic E-state index is 13.4. The van der Waals surface area contributed by atoms with Crippen LogP contribution < -0.4 is 9.83 Å². The number of aliphatic carboxylic acids is 2. The molecule has 2 unspecified atom stereocenters.